The van der Waals surface area contributed by atoms with E-state index in [0.29, 0.717) is 17.4 Å². The predicted octanol–water partition coefficient (Wildman–Crippen LogP) is 3.18. The summed E-state index contributed by atoms with van der Waals surface area (Å²) in [5.74, 6) is 1.43. The van der Waals surface area contributed by atoms with Gasteiger partial charge in [-0.1, -0.05) is 24.2 Å². The lowest BCUT2D eigenvalue weighted by Gasteiger charge is -2.27. The van der Waals surface area contributed by atoms with Gasteiger partial charge in [0.15, 0.2) is 5.13 Å². The first kappa shape index (κ1) is 16.0. The molecular weight excluding hydrogens is 338 g/mol. The number of ether oxygens (including phenoxy) is 1. The molecule has 4 rings (SSSR count). The molecule has 2 aromatic heterocycles. The third-order valence-corrected chi connectivity index (χ3v) is 5.23. The van der Waals surface area contributed by atoms with Gasteiger partial charge in [-0.15, -0.1) is 0 Å². The van der Waals surface area contributed by atoms with Gasteiger partial charge in [-0.2, -0.15) is 0 Å². The molecule has 3 aromatic rings. The van der Waals surface area contributed by atoms with Crippen molar-refractivity contribution in [1.82, 2.24) is 15.0 Å². The molecule has 0 amide bonds. The summed E-state index contributed by atoms with van der Waals surface area (Å²) < 4.78 is 6.74. The fourth-order valence-electron chi connectivity index (χ4n) is 3.00. The number of fused-ring (bicyclic) bond motifs is 1. The summed E-state index contributed by atoms with van der Waals surface area (Å²) in [6.45, 7) is 0. The number of aliphatic hydroxyl groups is 1. The van der Waals surface area contributed by atoms with Crippen LogP contribution in [0.25, 0.3) is 10.2 Å². The van der Waals surface area contributed by atoms with Gasteiger partial charge in [0.25, 0.3) is 0 Å². The van der Waals surface area contributed by atoms with Gasteiger partial charge in [0, 0.05) is 12.1 Å². The zero-order valence-corrected chi connectivity index (χ0v) is 14.4. The molecule has 0 radical (unpaired) electrons. The Balaban J connectivity index is 1.52. The van der Waals surface area contributed by atoms with Gasteiger partial charge in [0.1, 0.15) is 17.9 Å². The second-order valence-electron chi connectivity index (χ2n) is 6.13. The number of nitrogens with two attached hydrogens (primary N) is 1. The smallest absolute Gasteiger partial charge is 0.224 e. The molecular formula is C17H19N5O2S. The highest BCUT2D eigenvalue weighted by Gasteiger charge is 2.23. The summed E-state index contributed by atoms with van der Waals surface area (Å²) in [4.78, 5) is 12.5. The predicted molar refractivity (Wildman–Crippen MR) is 98.0 cm³/mol. The van der Waals surface area contributed by atoms with Crippen molar-refractivity contribution in [3.8, 4) is 11.6 Å². The summed E-state index contributed by atoms with van der Waals surface area (Å²) in [6.07, 6.45) is 5.12. The standard InChI is InChI=1S/C17H19N5O2S/c18-15-8-16(20-9-19-15)24-10-5-6-12-14(7-10)25-17(22-12)21-11-3-1-2-4-13(11)23/h5-9,11,13,23H,1-4H2,(H,21,22)(H2,18,19,20)/t11-,13-/m1/s1. The summed E-state index contributed by atoms with van der Waals surface area (Å²) in [7, 11) is 0. The van der Waals surface area contributed by atoms with Crippen LogP contribution in [-0.4, -0.2) is 32.2 Å². The maximum Gasteiger partial charge on any atom is 0.224 e. The first-order chi connectivity index (χ1) is 12.2. The fraction of sp³-hybridized carbons (Fsp3) is 0.353. The zero-order chi connectivity index (χ0) is 17.2. The van der Waals surface area contributed by atoms with Crippen LogP contribution >= 0.6 is 11.3 Å². The Morgan fingerprint density at radius 1 is 1.20 bits per heavy atom. The second-order valence-corrected chi connectivity index (χ2v) is 7.17. The summed E-state index contributed by atoms with van der Waals surface area (Å²) in [5, 5.41) is 14.3. The van der Waals surface area contributed by atoms with E-state index in [1.807, 2.05) is 18.2 Å². The van der Waals surface area contributed by atoms with Crippen molar-refractivity contribution >= 4 is 32.5 Å². The number of hydrogen-bond acceptors (Lipinski definition) is 8. The van der Waals surface area contributed by atoms with Gasteiger partial charge in [-0.3, -0.25) is 0 Å². The number of nitrogen functional groups attached to an aromatic ring is 1. The Morgan fingerprint density at radius 2 is 2.08 bits per heavy atom. The normalized spacial score (nSPS) is 20.5. The number of rotatable bonds is 4. The number of nitrogens with one attached hydrogen (secondary N) is 1. The molecule has 0 saturated heterocycles. The van der Waals surface area contributed by atoms with E-state index in [1.165, 1.54) is 6.33 Å². The highest BCUT2D eigenvalue weighted by molar-refractivity contribution is 7.22. The number of nitrogens with zero attached hydrogens (tertiary/aromatic N) is 3. The Bertz CT molecular complexity index is 884. The first-order valence-corrected chi connectivity index (χ1v) is 9.09. The number of benzene rings is 1. The fourth-order valence-corrected chi connectivity index (χ4v) is 3.95. The van der Waals surface area contributed by atoms with Crippen LogP contribution in [0, 0.1) is 0 Å². The third-order valence-electron chi connectivity index (χ3n) is 4.28. The molecule has 7 nitrogen and oxygen atoms in total. The van der Waals surface area contributed by atoms with Crippen LogP contribution < -0.4 is 15.8 Å². The van der Waals surface area contributed by atoms with Crippen LogP contribution in [0.1, 0.15) is 25.7 Å². The van der Waals surface area contributed by atoms with Crippen molar-refractivity contribution in [2.45, 2.75) is 37.8 Å². The summed E-state index contributed by atoms with van der Waals surface area (Å²) in [6, 6.07) is 7.34. The molecule has 1 aromatic carbocycles. The van der Waals surface area contributed by atoms with Crippen LogP contribution in [0.3, 0.4) is 0 Å². The van der Waals surface area contributed by atoms with Crippen molar-refractivity contribution in [2.75, 3.05) is 11.1 Å². The van der Waals surface area contributed by atoms with Gasteiger partial charge in [0.05, 0.1) is 22.4 Å². The molecule has 0 aliphatic heterocycles. The van der Waals surface area contributed by atoms with E-state index in [-0.39, 0.29) is 12.1 Å². The Labute approximate surface area is 148 Å². The van der Waals surface area contributed by atoms with Gasteiger partial charge >= 0.3 is 0 Å². The molecule has 8 heteroatoms. The lowest BCUT2D eigenvalue weighted by molar-refractivity contribution is 0.116. The molecule has 130 valence electrons. The summed E-state index contributed by atoms with van der Waals surface area (Å²) >= 11 is 1.55. The number of aromatic nitrogens is 3. The van der Waals surface area contributed by atoms with Crippen LogP contribution in [0.4, 0.5) is 10.9 Å². The Morgan fingerprint density at radius 3 is 2.92 bits per heavy atom. The molecule has 2 heterocycles. The van der Waals surface area contributed by atoms with E-state index in [9.17, 15) is 5.11 Å². The SMILES string of the molecule is Nc1cc(Oc2ccc3nc(N[C@@H]4CCCC[C@H]4O)sc3c2)ncn1. The largest absolute Gasteiger partial charge is 0.439 e. The van der Waals surface area contributed by atoms with Gasteiger partial charge in [0.2, 0.25) is 5.88 Å². The average Bonchev–Trinajstić information content (AvgIpc) is 2.99. The van der Waals surface area contributed by atoms with Crippen LogP contribution in [0.5, 0.6) is 11.6 Å². The third kappa shape index (κ3) is 3.64. The zero-order valence-electron chi connectivity index (χ0n) is 13.6. The molecule has 1 aliphatic rings. The average molecular weight is 357 g/mol. The Kier molecular flexibility index (Phi) is 4.37. The van der Waals surface area contributed by atoms with Crippen molar-refractivity contribution in [2.24, 2.45) is 0 Å². The quantitative estimate of drug-likeness (QED) is 0.658. The molecule has 1 aliphatic carbocycles. The molecule has 0 unspecified atom stereocenters. The minimum atomic E-state index is -0.303. The number of anilines is 2. The summed E-state index contributed by atoms with van der Waals surface area (Å²) in [5.41, 5.74) is 6.53. The molecule has 0 bridgehead atoms. The molecule has 25 heavy (non-hydrogen) atoms. The molecule has 4 N–H and O–H groups in total. The number of hydrogen-bond donors (Lipinski definition) is 3. The molecule has 1 fully saturated rings. The number of aliphatic hydroxyl groups excluding tert-OH is 1. The minimum absolute atomic E-state index is 0.0778. The second kappa shape index (κ2) is 6.81. The maximum absolute atomic E-state index is 10.1. The maximum atomic E-state index is 10.1. The highest BCUT2D eigenvalue weighted by Crippen LogP contribution is 2.32. The van der Waals surface area contributed by atoms with Crippen LogP contribution in [0.15, 0.2) is 30.6 Å². The van der Waals surface area contributed by atoms with Crippen molar-refractivity contribution in [3.63, 3.8) is 0 Å². The van der Waals surface area contributed by atoms with Gasteiger partial charge < -0.3 is 20.9 Å². The molecule has 2 atom stereocenters. The van der Waals surface area contributed by atoms with Crippen molar-refractivity contribution in [1.29, 1.82) is 0 Å². The van der Waals surface area contributed by atoms with Gasteiger partial charge in [-0.25, -0.2) is 15.0 Å². The van der Waals surface area contributed by atoms with Crippen molar-refractivity contribution in [3.05, 3.63) is 30.6 Å². The lowest BCUT2D eigenvalue weighted by Crippen LogP contribution is -2.36. The van der Waals surface area contributed by atoms with E-state index in [1.54, 1.807) is 17.4 Å². The first-order valence-electron chi connectivity index (χ1n) is 8.28. The van der Waals surface area contributed by atoms with E-state index < -0.39 is 0 Å². The Hall–Kier alpha value is -2.45. The topological polar surface area (TPSA) is 106 Å². The van der Waals surface area contributed by atoms with Crippen LogP contribution in [-0.2, 0) is 0 Å². The lowest BCUT2D eigenvalue weighted by atomic mass is 9.93. The minimum Gasteiger partial charge on any atom is -0.439 e. The highest BCUT2D eigenvalue weighted by atomic mass is 32.1. The van der Waals surface area contributed by atoms with E-state index >= 15 is 0 Å². The van der Waals surface area contributed by atoms with Crippen molar-refractivity contribution < 1.29 is 9.84 Å². The van der Waals surface area contributed by atoms with E-state index in [2.05, 4.69) is 20.3 Å². The van der Waals surface area contributed by atoms with Crippen LogP contribution in [0.2, 0.25) is 0 Å². The monoisotopic (exact) mass is 357 g/mol. The van der Waals surface area contributed by atoms with E-state index in [0.717, 1.165) is 41.0 Å². The van der Waals surface area contributed by atoms with Gasteiger partial charge in [-0.05, 0) is 25.0 Å². The molecule has 1 saturated carbocycles. The molecule has 0 spiro atoms. The number of thiazole rings is 1. The van der Waals surface area contributed by atoms with E-state index in [4.69, 9.17) is 10.5 Å².